The zero-order valence-corrected chi connectivity index (χ0v) is 18.6. The van der Waals surface area contributed by atoms with Gasteiger partial charge < -0.3 is 9.64 Å². The standard InChI is InChI=1S/C24H25N5O2S/c25-14-7-15-28(20-12-16-31-17-13-20)22(30)18-32-24-27-26-23(19-8-3-1-4-9-19)29(24)21-10-5-2-6-11-21/h1-6,8-11,20H,7,12-13,15-18H2. The zero-order chi connectivity index (χ0) is 22.2. The molecule has 0 saturated carbocycles. The first kappa shape index (κ1) is 22.1. The van der Waals surface area contributed by atoms with Crippen LogP contribution in [0, 0.1) is 11.3 Å². The molecule has 1 aliphatic rings. The van der Waals surface area contributed by atoms with E-state index in [1.807, 2.05) is 70.1 Å². The van der Waals surface area contributed by atoms with E-state index in [1.165, 1.54) is 11.8 Å². The molecule has 1 amide bonds. The fourth-order valence-corrected chi connectivity index (χ4v) is 4.67. The average Bonchev–Trinajstić information content (AvgIpc) is 3.29. The molecule has 164 valence electrons. The molecule has 1 aromatic heterocycles. The summed E-state index contributed by atoms with van der Waals surface area (Å²) in [4.78, 5) is 15.0. The van der Waals surface area contributed by atoms with Crippen molar-refractivity contribution in [3.05, 3.63) is 60.7 Å². The number of hydrogen-bond acceptors (Lipinski definition) is 6. The van der Waals surface area contributed by atoms with E-state index in [4.69, 9.17) is 10.00 Å². The Labute approximate surface area is 192 Å². The van der Waals surface area contributed by atoms with Crippen molar-refractivity contribution in [1.82, 2.24) is 19.7 Å². The van der Waals surface area contributed by atoms with Crippen LogP contribution in [0.2, 0.25) is 0 Å². The maximum atomic E-state index is 13.1. The SMILES string of the molecule is N#CCCN(C(=O)CSc1nnc(-c2ccccc2)n1-c1ccccc1)C1CCOCC1. The smallest absolute Gasteiger partial charge is 0.233 e. The highest BCUT2D eigenvalue weighted by Crippen LogP contribution is 2.28. The predicted molar refractivity (Wildman–Crippen MR) is 123 cm³/mol. The molecule has 0 radical (unpaired) electrons. The molecule has 1 saturated heterocycles. The highest BCUT2D eigenvalue weighted by Gasteiger charge is 2.26. The highest BCUT2D eigenvalue weighted by atomic mass is 32.2. The van der Waals surface area contributed by atoms with Crippen LogP contribution in [0.1, 0.15) is 19.3 Å². The number of para-hydroxylation sites is 1. The van der Waals surface area contributed by atoms with E-state index in [-0.39, 0.29) is 17.7 Å². The molecule has 1 aliphatic heterocycles. The Morgan fingerprint density at radius 1 is 1.09 bits per heavy atom. The van der Waals surface area contributed by atoms with E-state index < -0.39 is 0 Å². The number of nitrogens with zero attached hydrogens (tertiary/aromatic N) is 5. The van der Waals surface area contributed by atoms with E-state index in [9.17, 15) is 4.79 Å². The second kappa shape index (κ2) is 10.9. The lowest BCUT2D eigenvalue weighted by Crippen LogP contribution is -2.44. The minimum atomic E-state index is 0.0148. The van der Waals surface area contributed by atoms with Crippen molar-refractivity contribution in [2.45, 2.75) is 30.5 Å². The number of carbonyl (C=O) groups excluding carboxylic acids is 1. The molecule has 0 bridgehead atoms. The number of thioether (sulfide) groups is 1. The Morgan fingerprint density at radius 2 is 1.78 bits per heavy atom. The van der Waals surface area contributed by atoms with E-state index in [0.29, 0.717) is 31.3 Å². The van der Waals surface area contributed by atoms with Crippen molar-refractivity contribution in [3.63, 3.8) is 0 Å². The summed E-state index contributed by atoms with van der Waals surface area (Å²) < 4.78 is 7.43. The van der Waals surface area contributed by atoms with Crippen LogP contribution >= 0.6 is 11.8 Å². The van der Waals surface area contributed by atoms with Crippen LogP contribution in [0.15, 0.2) is 65.8 Å². The van der Waals surface area contributed by atoms with E-state index in [0.717, 1.165) is 29.9 Å². The summed E-state index contributed by atoms with van der Waals surface area (Å²) in [5, 5.41) is 18.5. The zero-order valence-electron chi connectivity index (χ0n) is 17.8. The number of aromatic nitrogens is 3. The lowest BCUT2D eigenvalue weighted by Gasteiger charge is -2.33. The third-order valence-electron chi connectivity index (χ3n) is 5.42. The van der Waals surface area contributed by atoms with Gasteiger partial charge in [0.1, 0.15) is 0 Å². The van der Waals surface area contributed by atoms with Crippen LogP contribution in [0.3, 0.4) is 0 Å². The first-order valence-corrected chi connectivity index (χ1v) is 11.7. The molecule has 0 N–H and O–H groups in total. The van der Waals surface area contributed by atoms with Gasteiger partial charge in [0.05, 0.1) is 18.2 Å². The topological polar surface area (TPSA) is 84.0 Å². The molecular weight excluding hydrogens is 422 g/mol. The van der Waals surface area contributed by atoms with Gasteiger partial charge in [0.2, 0.25) is 5.91 Å². The third kappa shape index (κ3) is 5.18. The molecule has 0 aliphatic carbocycles. The van der Waals surface area contributed by atoms with Crippen molar-refractivity contribution in [2.24, 2.45) is 0 Å². The van der Waals surface area contributed by atoms with Gasteiger partial charge in [-0.05, 0) is 25.0 Å². The van der Waals surface area contributed by atoms with Crippen molar-refractivity contribution >= 4 is 17.7 Å². The minimum absolute atomic E-state index is 0.0148. The average molecular weight is 448 g/mol. The molecule has 7 nitrogen and oxygen atoms in total. The van der Waals surface area contributed by atoms with Gasteiger partial charge >= 0.3 is 0 Å². The normalized spacial score (nSPS) is 14.1. The van der Waals surface area contributed by atoms with Crippen molar-refractivity contribution in [3.8, 4) is 23.1 Å². The number of rotatable bonds is 8. The number of carbonyl (C=O) groups is 1. The monoisotopic (exact) mass is 447 g/mol. The number of ether oxygens (including phenoxy) is 1. The summed E-state index contributed by atoms with van der Waals surface area (Å²) in [5.41, 5.74) is 1.90. The van der Waals surface area contributed by atoms with Crippen LogP contribution in [0.25, 0.3) is 17.1 Å². The molecular formula is C24H25N5O2S. The molecule has 2 heterocycles. The van der Waals surface area contributed by atoms with Gasteiger partial charge in [-0.25, -0.2) is 0 Å². The van der Waals surface area contributed by atoms with Gasteiger partial charge in [-0.1, -0.05) is 60.3 Å². The second-order valence-corrected chi connectivity index (χ2v) is 8.41. The van der Waals surface area contributed by atoms with Gasteiger partial charge in [0.15, 0.2) is 11.0 Å². The second-order valence-electron chi connectivity index (χ2n) is 7.47. The number of amides is 1. The predicted octanol–water partition coefficient (Wildman–Crippen LogP) is 3.95. The largest absolute Gasteiger partial charge is 0.381 e. The summed E-state index contributed by atoms with van der Waals surface area (Å²) in [6.45, 7) is 1.75. The Bertz CT molecular complexity index is 1060. The van der Waals surface area contributed by atoms with Crippen LogP contribution in [0.5, 0.6) is 0 Å². The van der Waals surface area contributed by atoms with Gasteiger partial charge in [0.25, 0.3) is 0 Å². The summed E-state index contributed by atoms with van der Waals surface area (Å²) in [6, 6.07) is 22.1. The van der Waals surface area contributed by atoms with Gasteiger partial charge in [-0.15, -0.1) is 10.2 Å². The van der Waals surface area contributed by atoms with E-state index >= 15 is 0 Å². The molecule has 0 spiro atoms. The van der Waals surface area contributed by atoms with Crippen LogP contribution in [-0.4, -0.2) is 57.1 Å². The number of nitriles is 1. The van der Waals surface area contributed by atoms with Gasteiger partial charge in [0, 0.05) is 37.1 Å². The van der Waals surface area contributed by atoms with E-state index in [2.05, 4.69) is 16.3 Å². The molecule has 0 unspecified atom stereocenters. The summed E-state index contributed by atoms with van der Waals surface area (Å²) in [6.07, 6.45) is 1.94. The molecule has 3 aromatic rings. The summed E-state index contributed by atoms with van der Waals surface area (Å²) >= 11 is 1.38. The number of benzene rings is 2. The summed E-state index contributed by atoms with van der Waals surface area (Å²) in [5.74, 6) is 0.987. The molecule has 2 aromatic carbocycles. The fraction of sp³-hybridized carbons (Fsp3) is 0.333. The summed E-state index contributed by atoms with van der Waals surface area (Å²) in [7, 11) is 0. The van der Waals surface area contributed by atoms with Crippen LogP contribution in [0.4, 0.5) is 0 Å². The third-order valence-corrected chi connectivity index (χ3v) is 6.33. The Kier molecular flexibility index (Phi) is 7.54. The fourth-order valence-electron chi connectivity index (χ4n) is 3.83. The first-order valence-electron chi connectivity index (χ1n) is 10.7. The lowest BCUT2D eigenvalue weighted by molar-refractivity contribution is -0.132. The maximum Gasteiger partial charge on any atom is 0.233 e. The molecule has 8 heteroatoms. The molecule has 32 heavy (non-hydrogen) atoms. The van der Waals surface area contributed by atoms with Crippen molar-refractivity contribution in [1.29, 1.82) is 5.26 Å². The van der Waals surface area contributed by atoms with Gasteiger partial charge in [-0.3, -0.25) is 9.36 Å². The molecule has 0 atom stereocenters. The minimum Gasteiger partial charge on any atom is -0.381 e. The first-order chi connectivity index (χ1) is 15.8. The van der Waals surface area contributed by atoms with Crippen molar-refractivity contribution < 1.29 is 9.53 Å². The Balaban J connectivity index is 1.56. The lowest BCUT2D eigenvalue weighted by atomic mass is 10.1. The van der Waals surface area contributed by atoms with Crippen LogP contribution < -0.4 is 0 Å². The highest BCUT2D eigenvalue weighted by molar-refractivity contribution is 7.99. The van der Waals surface area contributed by atoms with Gasteiger partial charge in [-0.2, -0.15) is 5.26 Å². The Morgan fingerprint density at radius 3 is 2.47 bits per heavy atom. The number of hydrogen-bond donors (Lipinski definition) is 0. The van der Waals surface area contributed by atoms with E-state index in [1.54, 1.807) is 0 Å². The van der Waals surface area contributed by atoms with Crippen molar-refractivity contribution in [2.75, 3.05) is 25.5 Å². The quantitative estimate of drug-likeness (QED) is 0.486. The molecule has 4 rings (SSSR count). The maximum absolute atomic E-state index is 13.1. The molecule has 1 fully saturated rings. The Hall–Kier alpha value is -3.15. The van der Waals surface area contributed by atoms with Crippen LogP contribution in [-0.2, 0) is 9.53 Å².